The number of methoxy groups -OCH3 is 1. The maximum atomic E-state index is 12.7. The average molecular weight is 154 g/mol. The Morgan fingerprint density at radius 3 is 2.82 bits per heavy atom. The molecule has 0 fully saturated rings. The van der Waals surface area contributed by atoms with Crippen molar-refractivity contribution in [3.63, 3.8) is 0 Å². The Morgan fingerprint density at radius 1 is 1.55 bits per heavy atom. The summed E-state index contributed by atoms with van der Waals surface area (Å²) < 4.78 is 17.5. The minimum Gasteiger partial charge on any atom is -0.497 e. The van der Waals surface area contributed by atoms with Crippen molar-refractivity contribution in [2.75, 3.05) is 7.11 Å². The Labute approximate surface area is 64.9 Å². The van der Waals surface area contributed by atoms with Crippen LogP contribution < -0.4 is 10.2 Å². The first-order valence-corrected chi connectivity index (χ1v) is 3.21. The van der Waals surface area contributed by atoms with Crippen LogP contribution in [0.1, 0.15) is 0 Å². The Morgan fingerprint density at radius 2 is 2.27 bits per heavy atom. The summed E-state index contributed by atoms with van der Waals surface area (Å²) in [6.07, 6.45) is 0. The van der Waals surface area contributed by atoms with E-state index in [9.17, 15) is 4.39 Å². The SMILES string of the molecule is COc1ccc(F)c(BO)c1. The number of ether oxygens (including phenoxy) is 1. The molecule has 0 heterocycles. The highest BCUT2D eigenvalue weighted by atomic mass is 19.1. The van der Waals surface area contributed by atoms with E-state index in [1.54, 1.807) is 0 Å². The van der Waals surface area contributed by atoms with Crippen molar-refractivity contribution in [3.8, 4) is 5.75 Å². The van der Waals surface area contributed by atoms with Gasteiger partial charge in [0.1, 0.15) is 11.6 Å². The first-order valence-electron chi connectivity index (χ1n) is 3.21. The van der Waals surface area contributed by atoms with Gasteiger partial charge in [-0.2, -0.15) is 0 Å². The van der Waals surface area contributed by atoms with Crippen molar-refractivity contribution in [2.45, 2.75) is 0 Å². The van der Waals surface area contributed by atoms with Gasteiger partial charge < -0.3 is 9.76 Å². The monoisotopic (exact) mass is 154 g/mol. The lowest BCUT2D eigenvalue weighted by Crippen LogP contribution is -2.17. The molecular weight excluding hydrogens is 146 g/mol. The smallest absolute Gasteiger partial charge is 0.307 e. The zero-order chi connectivity index (χ0) is 8.27. The van der Waals surface area contributed by atoms with E-state index in [4.69, 9.17) is 9.76 Å². The third-order valence-electron chi connectivity index (χ3n) is 1.42. The van der Waals surface area contributed by atoms with Crippen LogP contribution in [-0.2, 0) is 0 Å². The number of hydrogen-bond donors (Lipinski definition) is 1. The van der Waals surface area contributed by atoms with Crippen LogP contribution in [0.5, 0.6) is 5.75 Å². The molecule has 0 aromatic heterocycles. The second-order valence-electron chi connectivity index (χ2n) is 2.12. The van der Waals surface area contributed by atoms with Crippen LogP contribution >= 0.6 is 0 Å². The first kappa shape index (κ1) is 8.08. The second-order valence-corrected chi connectivity index (χ2v) is 2.12. The molecule has 11 heavy (non-hydrogen) atoms. The Bertz CT molecular complexity index is 252. The van der Waals surface area contributed by atoms with Crippen molar-refractivity contribution < 1.29 is 14.2 Å². The molecule has 0 spiro atoms. The minimum absolute atomic E-state index is 0.254. The fourth-order valence-corrected chi connectivity index (χ4v) is 0.799. The number of benzene rings is 1. The van der Waals surface area contributed by atoms with E-state index < -0.39 is 5.82 Å². The van der Waals surface area contributed by atoms with E-state index >= 15 is 0 Å². The van der Waals surface area contributed by atoms with E-state index in [2.05, 4.69) is 0 Å². The van der Waals surface area contributed by atoms with E-state index in [-0.39, 0.29) is 12.9 Å². The summed E-state index contributed by atoms with van der Waals surface area (Å²) in [5, 5.41) is 8.64. The lowest BCUT2D eigenvalue weighted by atomic mass is 9.88. The van der Waals surface area contributed by atoms with Gasteiger partial charge in [-0.05, 0) is 23.7 Å². The van der Waals surface area contributed by atoms with Crippen LogP contribution in [0.25, 0.3) is 0 Å². The van der Waals surface area contributed by atoms with Crippen LogP contribution in [0.2, 0.25) is 0 Å². The molecule has 2 nitrogen and oxygen atoms in total. The van der Waals surface area contributed by atoms with Crippen LogP contribution in [0.4, 0.5) is 4.39 Å². The summed E-state index contributed by atoms with van der Waals surface area (Å²) >= 11 is 0. The molecule has 4 heteroatoms. The molecule has 0 aliphatic heterocycles. The molecule has 1 aromatic carbocycles. The predicted molar refractivity (Wildman–Crippen MR) is 42.0 cm³/mol. The largest absolute Gasteiger partial charge is 0.497 e. The van der Waals surface area contributed by atoms with Crippen molar-refractivity contribution in [2.24, 2.45) is 0 Å². The highest BCUT2D eigenvalue weighted by Crippen LogP contribution is 2.07. The van der Waals surface area contributed by atoms with E-state index in [0.29, 0.717) is 5.75 Å². The molecule has 0 aliphatic carbocycles. The van der Waals surface area contributed by atoms with Crippen LogP contribution in [0.15, 0.2) is 18.2 Å². The van der Waals surface area contributed by atoms with Crippen LogP contribution in [0.3, 0.4) is 0 Å². The average Bonchev–Trinajstić information content (AvgIpc) is 2.05. The van der Waals surface area contributed by atoms with Gasteiger partial charge in [0.2, 0.25) is 0 Å². The zero-order valence-electron chi connectivity index (χ0n) is 6.17. The van der Waals surface area contributed by atoms with Crippen molar-refractivity contribution in [3.05, 3.63) is 24.0 Å². The summed E-state index contributed by atoms with van der Waals surface area (Å²) in [4.78, 5) is 0. The molecule has 1 rings (SSSR count). The van der Waals surface area contributed by atoms with E-state index in [1.165, 1.54) is 25.3 Å². The predicted octanol–water partition coefficient (Wildman–Crippen LogP) is -0.197. The maximum absolute atomic E-state index is 12.7. The van der Waals surface area contributed by atoms with Crippen molar-refractivity contribution in [1.29, 1.82) is 0 Å². The molecule has 0 aliphatic rings. The minimum atomic E-state index is -0.409. The zero-order valence-corrected chi connectivity index (χ0v) is 6.17. The van der Waals surface area contributed by atoms with Gasteiger partial charge in [-0.25, -0.2) is 4.39 Å². The third kappa shape index (κ3) is 1.71. The van der Waals surface area contributed by atoms with Gasteiger partial charge in [-0.3, -0.25) is 0 Å². The molecule has 0 unspecified atom stereocenters. The molecule has 1 aromatic rings. The lowest BCUT2D eigenvalue weighted by Gasteiger charge is -2.01. The van der Waals surface area contributed by atoms with Crippen LogP contribution in [-0.4, -0.2) is 19.6 Å². The van der Waals surface area contributed by atoms with Gasteiger partial charge in [0.15, 0.2) is 0 Å². The van der Waals surface area contributed by atoms with E-state index in [0.717, 1.165) is 0 Å². The number of hydrogen-bond acceptors (Lipinski definition) is 2. The Kier molecular flexibility index (Phi) is 2.49. The quantitative estimate of drug-likeness (QED) is 0.598. The summed E-state index contributed by atoms with van der Waals surface area (Å²) in [7, 11) is 1.19. The normalized spacial score (nSPS) is 9.36. The summed E-state index contributed by atoms with van der Waals surface area (Å²) in [5.41, 5.74) is 0.254. The second kappa shape index (κ2) is 3.39. The third-order valence-corrected chi connectivity index (χ3v) is 1.42. The van der Waals surface area contributed by atoms with Gasteiger partial charge in [0.25, 0.3) is 0 Å². The van der Waals surface area contributed by atoms with Gasteiger partial charge >= 0.3 is 7.48 Å². The van der Waals surface area contributed by atoms with Gasteiger partial charge in [0, 0.05) is 0 Å². The fraction of sp³-hybridized carbons (Fsp3) is 0.143. The summed E-state index contributed by atoms with van der Waals surface area (Å²) in [5.74, 6) is 0.142. The van der Waals surface area contributed by atoms with Crippen molar-refractivity contribution >= 4 is 12.9 Å². The molecular formula is C7H8BFO2. The summed E-state index contributed by atoms with van der Waals surface area (Å²) in [6, 6.07) is 4.24. The van der Waals surface area contributed by atoms with E-state index in [1.807, 2.05) is 0 Å². The summed E-state index contributed by atoms with van der Waals surface area (Å²) in [6.45, 7) is 0. The molecule has 0 radical (unpaired) electrons. The number of rotatable bonds is 2. The Hall–Kier alpha value is -1.03. The Balaban J connectivity index is 3.02. The molecule has 58 valence electrons. The standard InChI is InChI=1S/C7H8BFO2/c1-11-5-2-3-7(9)6(4-5)8-10/h2-4,8,10H,1H3. The molecule has 1 N–H and O–H groups in total. The highest BCUT2D eigenvalue weighted by molar-refractivity contribution is 6.45. The van der Waals surface area contributed by atoms with Crippen LogP contribution in [0, 0.1) is 5.82 Å². The maximum Gasteiger partial charge on any atom is 0.307 e. The van der Waals surface area contributed by atoms with Gasteiger partial charge in [-0.1, -0.05) is 0 Å². The molecule has 0 amide bonds. The van der Waals surface area contributed by atoms with Gasteiger partial charge in [0.05, 0.1) is 7.11 Å². The van der Waals surface area contributed by atoms with Gasteiger partial charge in [-0.15, -0.1) is 0 Å². The molecule has 0 bridgehead atoms. The molecule has 0 saturated heterocycles. The lowest BCUT2D eigenvalue weighted by molar-refractivity contribution is 0.414. The topological polar surface area (TPSA) is 29.5 Å². The first-order chi connectivity index (χ1) is 5.27. The highest BCUT2D eigenvalue weighted by Gasteiger charge is 2.02. The molecule has 0 atom stereocenters. The fourth-order valence-electron chi connectivity index (χ4n) is 0.799. The van der Waals surface area contributed by atoms with Crippen molar-refractivity contribution in [1.82, 2.24) is 0 Å². The molecule has 0 saturated carbocycles. The number of halogens is 1.